The SMILES string of the molecule is COc1ccc(CO)cc1CN1CCC(C)(C)C1. The van der Waals surface area contributed by atoms with E-state index in [1.165, 1.54) is 12.0 Å². The third-order valence-corrected chi connectivity index (χ3v) is 3.68. The molecule has 0 bridgehead atoms. The summed E-state index contributed by atoms with van der Waals surface area (Å²) in [7, 11) is 1.70. The zero-order valence-electron chi connectivity index (χ0n) is 11.6. The van der Waals surface area contributed by atoms with Crippen molar-refractivity contribution < 1.29 is 9.84 Å². The van der Waals surface area contributed by atoms with Crippen molar-refractivity contribution >= 4 is 0 Å². The minimum atomic E-state index is 0.0858. The highest BCUT2D eigenvalue weighted by Gasteiger charge is 2.29. The lowest BCUT2D eigenvalue weighted by Crippen LogP contribution is -2.23. The number of methoxy groups -OCH3 is 1. The maximum absolute atomic E-state index is 9.22. The molecule has 1 N–H and O–H groups in total. The molecule has 18 heavy (non-hydrogen) atoms. The fourth-order valence-corrected chi connectivity index (χ4v) is 2.65. The van der Waals surface area contributed by atoms with E-state index in [1.54, 1.807) is 7.11 Å². The number of hydrogen-bond donors (Lipinski definition) is 1. The summed E-state index contributed by atoms with van der Waals surface area (Å²) in [5.74, 6) is 0.914. The van der Waals surface area contributed by atoms with Crippen LogP contribution in [0.3, 0.4) is 0 Å². The number of benzene rings is 1. The van der Waals surface area contributed by atoms with Gasteiger partial charge in [-0.3, -0.25) is 4.90 Å². The Kier molecular flexibility index (Phi) is 3.93. The van der Waals surface area contributed by atoms with Gasteiger partial charge in [0.15, 0.2) is 0 Å². The molecule has 3 heteroatoms. The van der Waals surface area contributed by atoms with Gasteiger partial charge in [0.05, 0.1) is 13.7 Å². The maximum atomic E-state index is 9.22. The molecule has 0 radical (unpaired) electrons. The molecule has 1 fully saturated rings. The number of ether oxygens (including phenoxy) is 1. The normalized spacial score (nSPS) is 19.1. The highest BCUT2D eigenvalue weighted by Crippen LogP contribution is 2.31. The average molecular weight is 249 g/mol. The van der Waals surface area contributed by atoms with E-state index in [-0.39, 0.29) is 6.61 Å². The second-order valence-corrected chi connectivity index (χ2v) is 5.93. The number of hydrogen-bond acceptors (Lipinski definition) is 3. The topological polar surface area (TPSA) is 32.7 Å². The smallest absolute Gasteiger partial charge is 0.123 e. The highest BCUT2D eigenvalue weighted by atomic mass is 16.5. The Labute approximate surface area is 109 Å². The zero-order valence-corrected chi connectivity index (χ0v) is 11.6. The van der Waals surface area contributed by atoms with E-state index >= 15 is 0 Å². The molecule has 2 rings (SSSR count). The van der Waals surface area contributed by atoms with E-state index in [0.29, 0.717) is 5.41 Å². The van der Waals surface area contributed by atoms with Crippen molar-refractivity contribution in [3.8, 4) is 5.75 Å². The van der Waals surface area contributed by atoms with Crippen LogP contribution < -0.4 is 4.74 Å². The minimum Gasteiger partial charge on any atom is -0.496 e. The number of likely N-dealkylation sites (tertiary alicyclic amines) is 1. The first-order chi connectivity index (χ1) is 8.54. The van der Waals surface area contributed by atoms with Crippen LogP contribution in [0.1, 0.15) is 31.4 Å². The lowest BCUT2D eigenvalue weighted by atomic mass is 9.93. The molecule has 1 aliphatic heterocycles. The van der Waals surface area contributed by atoms with Crippen LogP contribution in [0.2, 0.25) is 0 Å². The molecule has 100 valence electrons. The molecular weight excluding hydrogens is 226 g/mol. The summed E-state index contributed by atoms with van der Waals surface area (Å²) in [6.07, 6.45) is 1.25. The first kappa shape index (κ1) is 13.4. The summed E-state index contributed by atoms with van der Waals surface area (Å²) in [6, 6.07) is 5.91. The van der Waals surface area contributed by atoms with Gasteiger partial charge in [-0.05, 0) is 36.1 Å². The largest absolute Gasteiger partial charge is 0.496 e. The van der Waals surface area contributed by atoms with Gasteiger partial charge in [0, 0.05) is 18.7 Å². The number of aliphatic hydroxyl groups is 1. The van der Waals surface area contributed by atoms with E-state index in [0.717, 1.165) is 30.9 Å². The van der Waals surface area contributed by atoms with E-state index in [9.17, 15) is 5.11 Å². The van der Waals surface area contributed by atoms with Crippen molar-refractivity contribution in [1.82, 2.24) is 4.90 Å². The Hall–Kier alpha value is -1.06. The Morgan fingerprint density at radius 3 is 2.72 bits per heavy atom. The van der Waals surface area contributed by atoms with Crippen molar-refractivity contribution in [2.45, 2.75) is 33.4 Å². The maximum Gasteiger partial charge on any atom is 0.123 e. The van der Waals surface area contributed by atoms with Crippen molar-refractivity contribution in [2.75, 3.05) is 20.2 Å². The second kappa shape index (κ2) is 5.29. The number of aliphatic hydroxyl groups excluding tert-OH is 1. The standard InChI is InChI=1S/C15H23NO2/c1-15(2)6-7-16(11-15)9-13-8-12(10-17)4-5-14(13)18-3/h4-5,8,17H,6-7,9-11H2,1-3H3. The van der Waals surface area contributed by atoms with E-state index in [4.69, 9.17) is 4.74 Å². The molecule has 1 saturated heterocycles. The van der Waals surface area contributed by atoms with Gasteiger partial charge in [-0.25, -0.2) is 0 Å². The van der Waals surface area contributed by atoms with Crippen LogP contribution >= 0.6 is 0 Å². The fourth-order valence-electron chi connectivity index (χ4n) is 2.65. The predicted octanol–water partition coefficient (Wildman–Crippen LogP) is 2.42. The summed E-state index contributed by atoms with van der Waals surface area (Å²) in [4.78, 5) is 2.46. The molecule has 0 amide bonds. The van der Waals surface area contributed by atoms with E-state index in [2.05, 4.69) is 18.7 Å². The Morgan fingerprint density at radius 2 is 2.17 bits per heavy atom. The van der Waals surface area contributed by atoms with Crippen molar-refractivity contribution in [3.05, 3.63) is 29.3 Å². The molecule has 1 aromatic rings. The molecule has 0 atom stereocenters. The summed E-state index contributed by atoms with van der Waals surface area (Å²) in [6.45, 7) is 7.88. The molecule has 0 saturated carbocycles. The van der Waals surface area contributed by atoms with Gasteiger partial charge in [-0.15, -0.1) is 0 Å². The molecule has 0 unspecified atom stereocenters. The van der Waals surface area contributed by atoms with Gasteiger partial charge in [-0.2, -0.15) is 0 Å². The van der Waals surface area contributed by atoms with Crippen molar-refractivity contribution in [1.29, 1.82) is 0 Å². The highest BCUT2D eigenvalue weighted by molar-refractivity contribution is 5.37. The minimum absolute atomic E-state index is 0.0858. The van der Waals surface area contributed by atoms with Crippen LogP contribution in [0.25, 0.3) is 0 Å². The van der Waals surface area contributed by atoms with E-state index in [1.807, 2.05) is 18.2 Å². The van der Waals surface area contributed by atoms with Crippen molar-refractivity contribution in [3.63, 3.8) is 0 Å². The van der Waals surface area contributed by atoms with Gasteiger partial charge in [0.1, 0.15) is 5.75 Å². The van der Waals surface area contributed by atoms with Gasteiger partial charge in [-0.1, -0.05) is 19.9 Å². The van der Waals surface area contributed by atoms with Gasteiger partial charge >= 0.3 is 0 Å². The first-order valence-corrected chi connectivity index (χ1v) is 6.53. The molecule has 0 aromatic heterocycles. The van der Waals surface area contributed by atoms with E-state index < -0.39 is 0 Å². The Morgan fingerprint density at radius 1 is 1.39 bits per heavy atom. The molecule has 1 aliphatic rings. The summed E-state index contributed by atoms with van der Waals surface area (Å²) < 4.78 is 5.40. The number of nitrogens with zero attached hydrogens (tertiary/aromatic N) is 1. The molecule has 0 aliphatic carbocycles. The van der Waals surface area contributed by atoms with Crippen LogP contribution in [0.5, 0.6) is 5.75 Å². The van der Waals surface area contributed by atoms with Crippen LogP contribution in [-0.4, -0.2) is 30.2 Å². The fraction of sp³-hybridized carbons (Fsp3) is 0.600. The predicted molar refractivity (Wildman–Crippen MR) is 72.6 cm³/mol. The molecular formula is C15H23NO2. The van der Waals surface area contributed by atoms with Crippen molar-refractivity contribution in [2.24, 2.45) is 5.41 Å². The average Bonchev–Trinajstić information content (AvgIpc) is 2.68. The summed E-state index contributed by atoms with van der Waals surface area (Å²) in [5, 5.41) is 9.22. The van der Waals surface area contributed by atoms with Crippen LogP contribution in [-0.2, 0) is 13.2 Å². The monoisotopic (exact) mass is 249 g/mol. The van der Waals surface area contributed by atoms with Crippen LogP contribution in [0, 0.1) is 5.41 Å². The number of rotatable bonds is 4. The van der Waals surface area contributed by atoms with Gasteiger partial charge < -0.3 is 9.84 Å². The lowest BCUT2D eigenvalue weighted by Gasteiger charge is -2.21. The Balaban J connectivity index is 2.12. The third-order valence-electron chi connectivity index (χ3n) is 3.68. The molecule has 0 spiro atoms. The zero-order chi connectivity index (χ0) is 13.2. The van der Waals surface area contributed by atoms with Gasteiger partial charge in [0.25, 0.3) is 0 Å². The van der Waals surface area contributed by atoms with Gasteiger partial charge in [0.2, 0.25) is 0 Å². The summed E-state index contributed by atoms with van der Waals surface area (Å²) in [5.41, 5.74) is 2.54. The quantitative estimate of drug-likeness (QED) is 0.889. The molecule has 1 heterocycles. The Bertz CT molecular complexity index is 415. The molecule has 3 nitrogen and oxygen atoms in total. The third kappa shape index (κ3) is 3.03. The molecule has 1 aromatic carbocycles. The first-order valence-electron chi connectivity index (χ1n) is 6.53. The second-order valence-electron chi connectivity index (χ2n) is 5.93. The summed E-state index contributed by atoms with van der Waals surface area (Å²) >= 11 is 0. The van der Waals surface area contributed by atoms with Crippen LogP contribution in [0.15, 0.2) is 18.2 Å². The van der Waals surface area contributed by atoms with Crippen LogP contribution in [0.4, 0.5) is 0 Å². The lowest BCUT2D eigenvalue weighted by molar-refractivity contribution is 0.274.